The molecule has 0 aliphatic rings. The molecule has 0 aromatic heterocycles. The van der Waals surface area contributed by atoms with Gasteiger partial charge in [-0.2, -0.15) is 0 Å². The molecular formula is C7H14ClNO. The van der Waals surface area contributed by atoms with Crippen LogP contribution in [0.25, 0.3) is 0 Å². The number of hydrogen-bond acceptors (Lipinski definition) is 1. The van der Waals surface area contributed by atoms with Crippen LogP contribution in [0.15, 0.2) is 0 Å². The summed E-state index contributed by atoms with van der Waals surface area (Å²) in [6.07, 6.45) is 0. The van der Waals surface area contributed by atoms with Crippen molar-refractivity contribution >= 4 is 17.5 Å². The molecule has 1 atom stereocenters. The highest BCUT2D eigenvalue weighted by atomic mass is 35.5. The number of amides is 1. The maximum Gasteiger partial charge on any atom is 0.238 e. The van der Waals surface area contributed by atoms with Crippen LogP contribution in [0, 0.1) is 5.41 Å². The maximum absolute atomic E-state index is 10.9. The molecule has 2 nitrogen and oxygen atoms in total. The van der Waals surface area contributed by atoms with Gasteiger partial charge in [0.15, 0.2) is 0 Å². The van der Waals surface area contributed by atoms with E-state index in [-0.39, 0.29) is 11.3 Å². The Labute approximate surface area is 66.9 Å². The van der Waals surface area contributed by atoms with Crippen molar-refractivity contribution in [1.29, 1.82) is 0 Å². The van der Waals surface area contributed by atoms with E-state index in [9.17, 15) is 4.79 Å². The molecule has 0 saturated heterocycles. The van der Waals surface area contributed by atoms with E-state index in [1.165, 1.54) is 0 Å². The second-order valence-corrected chi connectivity index (χ2v) is 3.78. The average molecular weight is 164 g/mol. The van der Waals surface area contributed by atoms with E-state index in [0.29, 0.717) is 0 Å². The van der Waals surface area contributed by atoms with Gasteiger partial charge in [0.05, 0.1) is 0 Å². The van der Waals surface area contributed by atoms with E-state index in [1.807, 2.05) is 20.8 Å². The Morgan fingerprint density at radius 1 is 1.50 bits per heavy atom. The van der Waals surface area contributed by atoms with Crippen molar-refractivity contribution in [2.45, 2.75) is 26.1 Å². The van der Waals surface area contributed by atoms with E-state index in [0.717, 1.165) is 0 Å². The molecule has 0 unspecified atom stereocenters. The van der Waals surface area contributed by atoms with Gasteiger partial charge in [-0.3, -0.25) is 4.79 Å². The lowest BCUT2D eigenvalue weighted by molar-refractivity contribution is -0.121. The van der Waals surface area contributed by atoms with Gasteiger partial charge in [0.2, 0.25) is 5.91 Å². The standard InChI is InChI=1S/C7H14ClNO/c1-7(2,3)5(8)6(10)9-4/h5H,1-4H3,(H,9,10)/t5-/m1/s1. The molecule has 0 bridgehead atoms. The first-order chi connectivity index (χ1) is 4.39. The summed E-state index contributed by atoms with van der Waals surface area (Å²) in [5.41, 5.74) is -0.165. The summed E-state index contributed by atoms with van der Waals surface area (Å²) in [5, 5.41) is 2.05. The zero-order chi connectivity index (χ0) is 8.36. The third kappa shape index (κ3) is 2.56. The summed E-state index contributed by atoms with van der Waals surface area (Å²) >= 11 is 5.80. The molecule has 10 heavy (non-hydrogen) atoms. The van der Waals surface area contributed by atoms with E-state index < -0.39 is 5.38 Å². The number of halogens is 1. The predicted molar refractivity (Wildman–Crippen MR) is 43.2 cm³/mol. The smallest absolute Gasteiger partial charge is 0.238 e. The minimum Gasteiger partial charge on any atom is -0.358 e. The van der Waals surface area contributed by atoms with Gasteiger partial charge in [-0.05, 0) is 5.41 Å². The SMILES string of the molecule is CNC(=O)[C@@H](Cl)C(C)(C)C. The minimum atomic E-state index is -0.447. The summed E-state index contributed by atoms with van der Waals surface area (Å²) in [6.45, 7) is 5.79. The highest BCUT2D eigenvalue weighted by Gasteiger charge is 2.27. The number of rotatable bonds is 1. The normalized spacial score (nSPS) is 14.5. The maximum atomic E-state index is 10.9. The van der Waals surface area contributed by atoms with Crippen LogP contribution in [0.2, 0.25) is 0 Å². The summed E-state index contributed by atoms with van der Waals surface area (Å²) in [5.74, 6) is -0.117. The van der Waals surface area contributed by atoms with Crippen molar-refractivity contribution in [3.63, 3.8) is 0 Å². The lowest BCUT2D eigenvalue weighted by Crippen LogP contribution is -2.36. The van der Waals surface area contributed by atoms with E-state index >= 15 is 0 Å². The fraction of sp³-hybridized carbons (Fsp3) is 0.857. The Kier molecular flexibility index (Phi) is 3.16. The molecule has 0 saturated carbocycles. The lowest BCUT2D eigenvalue weighted by atomic mass is 9.91. The van der Waals surface area contributed by atoms with Gasteiger partial charge in [-0.25, -0.2) is 0 Å². The van der Waals surface area contributed by atoms with Crippen LogP contribution in [0.1, 0.15) is 20.8 Å². The van der Waals surface area contributed by atoms with Crippen LogP contribution in [0.3, 0.4) is 0 Å². The quantitative estimate of drug-likeness (QED) is 0.582. The largest absolute Gasteiger partial charge is 0.358 e. The molecule has 0 aromatic rings. The summed E-state index contributed by atoms with van der Waals surface area (Å²) in [4.78, 5) is 10.9. The number of nitrogens with one attached hydrogen (secondary N) is 1. The fourth-order valence-electron chi connectivity index (χ4n) is 0.520. The van der Waals surface area contributed by atoms with Crippen LogP contribution in [0.4, 0.5) is 0 Å². The molecule has 1 amide bonds. The van der Waals surface area contributed by atoms with Crippen molar-refractivity contribution < 1.29 is 4.79 Å². The molecule has 0 spiro atoms. The van der Waals surface area contributed by atoms with Gasteiger partial charge >= 0.3 is 0 Å². The van der Waals surface area contributed by atoms with Gasteiger partial charge in [-0.1, -0.05) is 20.8 Å². The van der Waals surface area contributed by atoms with Crippen LogP contribution < -0.4 is 5.32 Å². The van der Waals surface area contributed by atoms with Crippen molar-refractivity contribution in [2.24, 2.45) is 5.41 Å². The second-order valence-electron chi connectivity index (χ2n) is 3.34. The van der Waals surface area contributed by atoms with Crippen LogP contribution in [-0.2, 0) is 4.79 Å². The number of alkyl halides is 1. The first kappa shape index (κ1) is 9.76. The zero-order valence-corrected chi connectivity index (χ0v) is 7.62. The Bertz CT molecular complexity index is 128. The molecule has 0 rings (SSSR count). The Morgan fingerprint density at radius 3 is 2.00 bits per heavy atom. The minimum absolute atomic E-state index is 0.117. The molecule has 0 fully saturated rings. The molecule has 60 valence electrons. The first-order valence-electron chi connectivity index (χ1n) is 3.25. The van der Waals surface area contributed by atoms with Crippen LogP contribution in [0.5, 0.6) is 0 Å². The topological polar surface area (TPSA) is 29.1 Å². The molecule has 3 heteroatoms. The van der Waals surface area contributed by atoms with Crippen molar-refractivity contribution in [3.05, 3.63) is 0 Å². The van der Waals surface area contributed by atoms with Crippen molar-refractivity contribution in [2.75, 3.05) is 7.05 Å². The van der Waals surface area contributed by atoms with Gasteiger partial charge < -0.3 is 5.32 Å². The second kappa shape index (κ2) is 3.24. The Hall–Kier alpha value is -0.240. The highest BCUT2D eigenvalue weighted by molar-refractivity contribution is 6.31. The monoisotopic (exact) mass is 163 g/mol. The van der Waals surface area contributed by atoms with Gasteiger partial charge in [0, 0.05) is 7.05 Å². The van der Waals surface area contributed by atoms with Crippen LogP contribution >= 0.6 is 11.6 Å². The molecule has 0 aliphatic heterocycles. The van der Waals surface area contributed by atoms with Crippen molar-refractivity contribution in [3.8, 4) is 0 Å². The van der Waals surface area contributed by atoms with E-state index in [1.54, 1.807) is 7.05 Å². The summed E-state index contributed by atoms with van der Waals surface area (Å²) in [6, 6.07) is 0. The third-order valence-electron chi connectivity index (χ3n) is 1.24. The molecule has 0 aromatic carbocycles. The van der Waals surface area contributed by atoms with Gasteiger partial charge in [0.25, 0.3) is 0 Å². The third-order valence-corrected chi connectivity index (χ3v) is 2.09. The van der Waals surface area contributed by atoms with E-state index in [2.05, 4.69) is 5.32 Å². The van der Waals surface area contributed by atoms with Crippen LogP contribution in [-0.4, -0.2) is 18.3 Å². The fourth-order valence-corrected chi connectivity index (χ4v) is 0.629. The number of carbonyl (C=O) groups is 1. The molecular weight excluding hydrogens is 150 g/mol. The van der Waals surface area contributed by atoms with E-state index in [4.69, 9.17) is 11.6 Å². The Balaban J connectivity index is 4.08. The Morgan fingerprint density at radius 2 is 1.90 bits per heavy atom. The first-order valence-corrected chi connectivity index (χ1v) is 3.69. The highest BCUT2D eigenvalue weighted by Crippen LogP contribution is 2.23. The molecule has 0 heterocycles. The molecule has 0 aliphatic carbocycles. The zero-order valence-electron chi connectivity index (χ0n) is 6.86. The lowest BCUT2D eigenvalue weighted by Gasteiger charge is -2.22. The number of carbonyl (C=O) groups excluding carboxylic acids is 1. The number of hydrogen-bond donors (Lipinski definition) is 1. The molecule has 1 N–H and O–H groups in total. The van der Waals surface area contributed by atoms with Gasteiger partial charge in [0.1, 0.15) is 5.38 Å². The van der Waals surface area contributed by atoms with Crippen molar-refractivity contribution in [1.82, 2.24) is 5.32 Å². The van der Waals surface area contributed by atoms with Gasteiger partial charge in [-0.15, -0.1) is 11.6 Å². The summed E-state index contributed by atoms with van der Waals surface area (Å²) in [7, 11) is 1.59. The predicted octanol–water partition coefficient (Wildman–Crippen LogP) is 1.39. The molecule has 0 radical (unpaired) electrons. The summed E-state index contributed by atoms with van der Waals surface area (Å²) < 4.78 is 0. The average Bonchev–Trinajstić information content (AvgIpc) is 1.83.